The van der Waals surface area contributed by atoms with Crippen LogP contribution in [0.3, 0.4) is 0 Å². The van der Waals surface area contributed by atoms with Gasteiger partial charge >= 0.3 is 0 Å². The molecule has 2 aliphatic heterocycles. The van der Waals surface area contributed by atoms with Crippen molar-refractivity contribution < 1.29 is 21.1 Å². The molecule has 49 heavy (non-hydrogen) atoms. The predicted octanol–water partition coefficient (Wildman–Crippen LogP) is 11.3. The largest absolute Gasteiger partial charge is 0.354 e. The summed E-state index contributed by atoms with van der Waals surface area (Å²) in [6.45, 7) is 0. The van der Waals surface area contributed by atoms with E-state index >= 15 is 0 Å². The van der Waals surface area contributed by atoms with E-state index in [0.717, 1.165) is 89.4 Å². The van der Waals surface area contributed by atoms with Crippen LogP contribution in [-0.4, -0.2) is 19.9 Å². The van der Waals surface area contributed by atoms with Gasteiger partial charge in [0.05, 0.1) is 22.8 Å². The van der Waals surface area contributed by atoms with Gasteiger partial charge in [0, 0.05) is 65.4 Å². The van der Waals surface area contributed by atoms with Crippen molar-refractivity contribution in [3.63, 3.8) is 0 Å². The van der Waals surface area contributed by atoms with Crippen molar-refractivity contribution >= 4 is 46.4 Å². The third kappa shape index (κ3) is 5.61. The fourth-order valence-electron chi connectivity index (χ4n) is 6.84. The molecule has 9 rings (SSSR count). The van der Waals surface area contributed by atoms with E-state index in [2.05, 4.69) is 156 Å². The molecule has 0 amide bonds. The Balaban J connectivity index is 0.00000348. The first-order chi connectivity index (χ1) is 23.8. The maximum Gasteiger partial charge on any atom is 0.0737 e. The van der Waals surface area contributed by atoms with Crippen LogP contribution in [0.25, 0.3) is 90.9 Å². The Kier molecular flexibility index (Phi) is 8.09. The molecule has 0 saturated heterocycles. The third-order valence-corrected chi connectivity index (χ3v) is 9.00. The molecule has 8 bridgehead atoms. The summed E-state index contributed by atoms with van der Waals surface area (Å²) in [5.41, 5.74) is 16.2. The van der Waals surface area contributed by atoms with Crippen LogP contribution in [0, 0.1) is 0 Å². The van der Waals surface area contributed by atoms with Crippen LogP contribution in [0.5, 0.6) is 0 Å². The molecule has 0 aliphatic carbocycles. The van der Waals surface area contributed by atoms with Gasteiger partial charge in [-0.3, -0.25) is 0 Å². The first-order valence-electron chi connectivity index (χ1n) is 16.2. The monoisotopic (exact) mass is 809 g/mol. The SMILES string of the molecule is C1=Cc2nc1c(-c1ccccc1)c1ccc([nH]1)c(-c1ccccc1)c1nc(c(-c3ccccc3)c3ccc([nH]3)c2-c2ccccc2)C=C1.[Pt]. The number of aromatic amines is 2. The van der Waals surface area contributed by atoms with Crippen molar-refractivity contribution in [2.75, 3.05) is 0 Å². The normalized spacial score (nSPS) is 11.8. The van der Waals surface area contributed by atoms with E-state index < -0.39 is 0 Å². The maximum absolute atomic E-state index is 5.35. The molecule has 2 aliphatic rings. The van der Waals surface area contributed by atoms with E-state index in [9.17, 15) is 0 Å². The molecule has 236 valence electrons. The van der Waals surface area contributed by atoms with Crippen molar-refractivity contribution in [2.45, 2.75) is 0 Å². The molecule has 0 radical (unpaired) electrons. The summed E-state index contributed by atoms with van der Waals surface area (Å²) in [4.78, 5) is 18.3. The van der Waals surface area contributed by atoms with Gasteiger partial charge in [0.15, 0.2) is 0 Å². The minimum absolute atomic E-state index is 0. The molecule has 3 aromatic heterocycles. The van der Waals surface area contributed by atoms with E-state index in [-0.39, 0.29) is 21.1 Å². The van der Waals surface area contributed by atoms with Gasteiger partial charge in [-0.05, 0) is 70.8 Å². The average Bonchev–Trinajstić information content (AvgIpc) is 3.98. The summed E-state index contributed by atoms with van der Waals surface area (Å²) in [5.74, 6) is 0. The summed E-state index contributed by atoms with van der Waals surface area (Å²) in [6, 6.07) is 50.7. The van der Waals surface area contributed by atoms with Crippen molar-refractivity contribution in [1.29, 1.82) is 0 Å². The zero-order valence-electron chi connectivity index (χ0n) is 26.4. The van der Waals surface area contributed by atoms with Crippen LogP contribution in [0.15, 0.2) is 146 Å². The zero-order valence-corrected chi connectivity index (χ0v) is 28.6. The Morgan fingerprint density at radius 3 is 0.735 bits per heavy atom. The fourth-order valence-corrected chi connectivity index (χ4v) is 6.84. The Hall–Kier alpha value is -5.83. The molecule has 0 atom stereocenters. The number of aromatic nitrogens is 4. The average molecular weight is 810 g/mol. The van der Waals surface area contributed by atoms with E-state index in [1.165, 1.54) is 0 Å². The van der Waals surface area contributed by atoms with Crippen molar-refractivity contribution in [1.82, 2.24) is 19.9 Å². The van der Waals surface area contributed by atoms with Gasteiger partial charge in [-0.25, -0.2) is 9.97 Å². The molecule has 0 unspecified atom stereocenters. The number of nitrogens with zero attached hydrogens (tertiary/aromatic N) is 2. The van der Waals surface area contributed by atoms with Crippen molar-refractivity contribution in [2.24, 2.45) is 0 Å². The molecule has 4 aromatic carbocycles. The molecule has 0 saturated carbocycles. The number of hydrogen-bond acceptors (Lipinski definition) is 2. The standard InChI is InChI=1S/C44H30N4.Pt/c1-5-13-29(14-6-1)41-33-21-23-35(45-33)42(30-15-7-2-8-16-30)37-25-27-39(47-37)44(32-19-11-4-12-20-32)40-28-26-38(48-40)43(31-17-9-3-10-18-31)36-24-22-34(41)46-36;/h1-28,45,48H;. The van der Waals surface area contributed by atoms with Gasteiger partial charge in [0.25, 0.3) is 0 Å². The Labute approximate surface area is 298 Å². The summed E-state index contributed by atoms with van der Waals surface area (Å²) in [7, 11) is 0. The van der Waals surface area contributed by atoms with Gasteiger partial charge in [0.2, 0.25) is 0 Å². The number of fused-ring (bicyclic) bond motifs is 8. The molecule has 2 N–H and O–H groups in total. The van der Waals surface area contributed by atoms with Gasteiger partial charge < -0.3 is 9.97 Å². The second-order valence-corrected chi connectivity index (χ2v) is 12.0. The van der Waals surface area contributed by atoms with E-state index in [1.54, 1.807) is 0 Å². The van der Waals surface area contributed by atoms with Crippen molar-refractivity contribution in [3.8, 4) is 44.5 Å². The van der Waals surface area contributed by atoms with Crippen LogP contribution in [0.2, 0.25) is 0 Å². The number of hydrogen-bond donors (Lipinski definition) is 2. The van der Waals surface area contributed by atoms with Gasteiger partial charge in [-0.1, -0.05) is 121 Å². The van der Waals surface area contributed by atoms with Crippen LogP contribution in [-0.2, 0) is 21.1 Å². The molecular formula is C44H30N4Pt. The smallest absolute Gasteiger partial charge is 0.0737 e. The minimum Gasteiger partial charge on any atom is -0.354 e. The van der Waals surface area contributed by atoms with Gasteiger partial charge in [0.1, 0.15) is 0 Å². The van der Waals surface area contributed by atoms with E-state index in [0.29, 0.717) is 0 Å². The van der Waals surface area contributed by atoms with Crippen LogP contribution < -0.4 is 0 Å². The molecule has 5 heterocycles. The maximum atomic E-state index is 5.35. The summed E-state index contributed by atoms with van der Waals surface area (Å²) in [6.07, 6.45) is 8.54. The fraction of sp³-hybridized carbons (Fsp3) is 0. The first-order valence-corrected chi connectivity index (χ1v) is 16.2. The second-order valence-electron chi connectivity index (χ2n) is 12.0. The number of benzene rings is 4. The molecule has 0 spiro atoms. The summed E-state index contributed by atoms with van der Waals surface area (Å²) >= 11 is 0. The number of rotatable bonds is 4. The predicted molar refractivity (Wildman–Crippen MR) is 201 cm³/mol. The Morgan fingerprint density at radius 2 is 0.510 bits per heavy atom. The van der Waals surface area contributed by atoms with Crippen LogP contribution in [0.4, 0.5) is 0 Å². The molecular weight excluding hydrogens is 780 g/mol. The minimum atomic E-state index is 0. The Bertz CT molecular complexity index is 2180. The third-order valence-electron chi connectivity index (χ3n) is 9.00. The first kappa shape index (κ1) is 30.5. The van der Waals surface area contributed by atoms with Gasteiger partial charge in [-0.2, -0.15) is 0 Å². The molecule has 5 heteroatoms. The Morgan fingerprint density at radius 1 is 0.286 bits per heavy atom. The van der Waals surface area contributed by atoms with E-state index in [1.807, 2.05) is 24.3 Å². The van der Waals surface area contributed by atoms with Crippen LogP contribution in [0.1, 0.15) is 22.8 Å². The molecule has 0 fully saturated rings. The summed E-state index contributed by atoms with van der Waals surface area (Å²) < 4.78 is 0. The second kappa shape index (κ2) is 13.0. The summed E-state index contributed by atoms with van der Waals surface area (Å²) in [5, 5.41) is 0. The van der Waals surface area contributed by atoms with Crippen molar-refractivity contribution in [3.05, 3.63) is 168 Å². The topological polar surface area (TPSA) is 57.4 Å². The quantitative estimate of drug-likeness (QED) is 0.186. The van der Waals surface area contributed by atoms with Gasteiger partial charge in [-0.15, -0.1) is 0 Å². The molecule has 7 aromatic rings. The number of H-pyrrole nitrogens is 2. The van der Waals surface area contributed by atoms with Crippen LogP contribution >= 0.6 is 0 Å². The molecule has 4 nitrogen and oxygen atoms in total. The zero-order chi connectivity index (χ0) is 31.9. The number of nitrogens with one attached hydrogen (secondary N) is 2. The van der Waals surface area contributed by atoms with E-state index in [4.69, 9.17) is 9.97 Å².